The molecule has 1 amide bonds. The molecule has 1 heterocycles. The van der Waals surface area contributed by atoms with Crippen LogP contribution in [0.1, 0.15) is 5.56 Å². The number of rotatable bonds is 8. The summed E-state index contributed by atoms with van der Waals surface area (Å²) in [7, 11) is -3.74. The number of nitrogens with zero attached hydrogens (tertiary/aromatic N) is 1. The highest BCUT2D eigenvalue weighted by Crippen LogP contribution is 2.28. The van der Waals surface area contributed by atoms with Gasteiger partial charge in [-0.2, -0.15) is 0 Å². The Bertz CT molecular complexity index is 1650. The minimum absolute atomic E-state index is 0.0589. The van der Waals surface area contributed by atoms with Gasteiger partial charge >= 0.3 is 0 Å². The second kappa shape index (κ2) is 10.3. The van der Waals surface area contributed by atoms with Gasteiger partial charge in [0.05, 0.1) is 10.6 Å². The van der Waals surface area contributed by atoms with E-state index in [1.165, 1.54) is 30.5 Å². The van der Waals surface area contributed by atoms with Crippen molar-refractivity contribution in [2.24, 2.45) is 0 Å². The van der Waals surface area contributed by atoms with Crippen LogP contribution in [0.5, 0.6) is 0 Å². The van der Waals surface area contributed by atoms with Crippen LogP contribution in [-0.4, -0.2) is 18.9 Å². The minimum Gasteiger partial charge on any atom is -0.356 e. The fourth-order valence-corrected chi connectivity index (χ4v) is 5.73. The molecule has 186 valence electrons. The zero-order valence-corrected chi connectivity index (χ0v) is 20.6. The van der Waals surface area contributed by atoms with Gasteiger partial charge in [-0.1, -0.05) is 48.5 Å². The third-order valence-corrected chi connectivity index (χ3v) is 7.61. The van der Waals surface area contributed by atoms with Crippen molar-refractivity contribution in [2.75, 3.05) is 10.6 Å². The van der Waals surface area contributed by atoms with Gasteiger partial charge in [0.1, 0.15) is 12.4 Å². The highest BCUT2D eigenvalue weighted by Gasteiger charge is 2.22. The van der Waals surface area contributed by atoms with Crippen LogP contribution in [0.3, 0.4) is 0 Å². The number of sulfone groups is 1. The lowest BCUT2D eigenvalue weighted by molar-refractivity contribution is -0.116. The molecule has 0 saturated carbocycles. The molecule has 0 aliphatic carbocycles. The molecule has 8 heteroatoms. The molecular weight excluding hydrogens is 489 g/mol. The van der Waals surface area contributed by atoms with Crippen LogP contribution in [-0.2, 0) is 26.9 Å². The van der Waals surface area contributed by atoms with E-state index in [1.807, 2.05) is 42.5 Å². The number of aromatic nitrogens is 1. The fourth-order valence-electron chi connectivity index (χ4n) is 4.15. The predicted molar refractivity (Wildman–Crippen MR) is 144 cm³/mol. The van der Waals surface area contributed by atoms with Crippen molar-refractivity contribution in [3.05, 3.63) is 121 Å². The Morgan fingerprint density at radius 2 is 1.38 bits per heavy atom. The molecule has 0 aliphatic heterocycles. The molecule has 0 fully saturated rings. The third kappa shape index (κ3) is 5.70. The van der Waals surface area contributed by atoms with Crippen molar-refractivity contribution in [1.82, 2.24) is 4.57 Å². The Balaban J connectivity index is 1.32. The maximum atomic E-state index is 13.2. The van der Waals surface area contributed by atoms with E-state index in [2.05, 4.69) is 10.6 Å². The van der Waals surface area contributed by atoms with E-state index >= 15 is 0 Å². The normalized spacial score (nSPS) is 11.4. The summed E-state index contributed by atoms with van der Waals surface area (Å²) in [6, 6.07) is 29.6. The number of fused-ring (bicyclic) bond motifs is 1. The lowest BCUT2D eigenvalue weighted by Gasteiger charge is -2.09. The maximum Gasteiger partial charge on any atom is 0.244 e. The molecule has 4 aromatic carbocycles. The van der Waals surface area contributed by atoms with Crippen LogP contribution in [0.15, 0.2) is 114 Å². The third-order valence-electron chi connectivity index (χ3n) is 5.90. The summed E-state index contributed by atoms with van der Waals surface area (Å²) >= 11 is 0. The molecule has 0 saturated heterocycles. The van der Waals surface area contributed by atoms with Crippen molar-refractivity contribution in [1.29, 1.82) is 0 Å². The van der Waals surface area contributed by atoms with Gasteiger partial charge in [-0.25, -0.2) is 12.8 Å². The SMILES string of the molecule is O=C(Cn1cc(S(=O)(=O)Cc2ccc(F)cc2)c2ccccc21)Nc1ccc(Nc2ccccc2)cc1. The van der Waals surface area contributed by atoms with E-state index in [9.17, 15) is 17.6 Å². The first kappa shape index (κ1) is 24.3. The number of carbonyl (C=O) groups excluding carboxylic acids is 1. The lowest BCUT2D eigenvalue weighted by Crippen LogP contribution is -2.18. The van der Waals surface area contributed by atoms with Crippen molar-refractivity contribution < 1.29 is 17.6 Å². The van der Waals surface area contributed by atoms with E-state index < -0.39 is 15.7 Å². The lowest BCUT2D eigenvalue weighted by atomic mass is 10.2. The summed E-state index contributed by atoms with van der Waals surface area (Å²) in [5.74, 6) is -0.977. The molecule has 0 radical (unpaired) electrons. The summed E-state index contributed by atoms with van der Waals surface area (Å²) in [4.78, 5) is 13.0. The van der Waals surface area contributed by atoms with Crippen LogP contribution in [0.2, 0.25) is 0 Å². The molecule has 6 nitrogen and oxygen atoms in total. The van der Waals surface area contributed by atoms with Gasteiger partial charge < -0.3 is 15.2 Å². The molecule has 5 rings (SSSR count). The summed E-state index contributed by atoms with van der Waals surface area (Å²) in [6.07, 6.45) is 1.50. The standard InChI is InChI=1S/C29H24FN3O3S/c30-22-12-10-21(11-13-22)20-37(35,36)28-18-33(27-9-5-4-8-26(27)28)19-29(34)32-25-16-14-24(15-17-25)31-23-6-2-1-3-7-23/h1-18,31H,19-20H2,(H,32,34). The van der Waals surface area contributed by atoms with Gasteiger partial charge in [0.2, 0.25) is 5.91 Å². The molecule has 0 atom stereocenters. The fraction of sp³-hybridized carbons (Fsp3) is 0.0690. The molecular formula is C29H24FN3O3S. The number of nitrogens with one attached hydrogen (secondary N) is 2. The molecule has 0 spiro atoms. The van der Waals surface area contributed by atoms with Gasteiger partial charge in [0, 0.05) is 34.2 Å². The Labute approximate surface area is 214 Å². The highest BCUT2D eigenvalue weighted by atomic mass is 32.2. The second-order valence-electron chi connectivity index (χ2n) is 8.64. The Morgan fingerprint density at radius 3 is 2.11 bits per heavy atom. The molecule has 0 aliphatic rings. The predicted octanol–water partition coefficient (Wildman–Crippen LogP) is 6.14. The van der Waals surface area contributed by atoms with Crippen LogP contribution in [0.25, 0.3) is 10.9 Å². The first-order valence-electron chi connectivity index (χ1n) is 11.6. The molecule has 0 unspecified atom stereocenters. The number of hydrogen-bond acceptors (Lipinski definition) is 4. The molecule has 0 bridgehead atoms. The van der Waals surface area contributed by atoms with Crippen LogP contribution < -0.4 is 10.6 Å². The van der Waals surface area contributed by atoms with Gasteiger partial charge in [-0.15, -0.1) is 0 Å². The Morgan fingerprint density at radius 1 is 0.757 bits per heavy atom. The van der Waals surface area contributed by atoms with Crippen molar-refractivity contribution >= 4 is 43.7 Å². The zero-order chi connectivity index (χ0) is 25.8. The van der Waals surface area contributed by atoms with Gasteiger partial charge in [0.25, 0.3) is 0 Å². The first-order chi connectivity index (χ1) is 17.9. The first-order valence-corrected chi connectivity index (χ1v) is 13.3. The van der Waals surface area contributed by atoms with E-state index in [1.54, 1.807) is 41.0 Å². The number of hydrogen-bond donors (Lipinski definition) is 2. The Kier molecular flexibility index (Phi) is 6.74. The van der Waals surface area contributed by atoms with E-state index in [4.69, 9.17) is 0 Å². The summed E-state index contributed by atoms with van der Waals surface area (Å²) in [5, 5.41) is 6.69. The van der Waals surface area contributed by atoms with Crippen LogP contribution >= 0.6 is 0 Å². The largest absolute Gasteiger partial charge is 0.356 e. The summed E-state index contributed by atoms with van der Waals surface area (Å²) in [6.45, 7) is -0.0589. The summed E-state index contributed by atoms with van der Waals surface area (Å²) in [5.41, 5.74) is 3.60. The molecule has 1 aromatic heterocycles. The Hall–Kier alpha value is -4.43. The number of benzene rings is 4. The number of carbonyl (C=O) groups is 1. The smallest absolute Gasteiger partial charge is 0.244 e. The van der Waals surface area contributed by atoms with E-state index in [-0.39, 0.29) is 23.1 Å². The van der Waals surface area contributed by atoms with Crippen molar-refractivity contribution in [3.63, 3.8) is 0 Å². The number of para-hydroxylation sites is 2. The minimum atomic E-state index is -3.74. The maximum absolute atomic E-state index is 13.2. The van der Waals surface area contributed by atoms with Crippen molar-refractivity contribution in [2.45, 2.75) is 17.2 Å². The number of amides is 1. The van der Waals surface area contributed by atoms with Crippen LogP contribution in [0, 0.1) is 5.82 Å². The second-order valence-corrected chi connectivity index (χ2v) is 10.6. The number of anilines is 3. The molecule has 5 aromatic rings. The highest BCUT2D eigenvalue weighted by molar-refractivity contribution is 7.90. The number of halogens is 1. The average molecular weight is 514 g/mol. The molecule has 37 heavy (non-hydrogen) atoms. The van der Waals surface area contributed by atoms with Gasteiger partial charge in [-0.3, -0.25) is 4.79 Å². The van der Waals surface area contributed by atoms with Gasteiger partial charge in [-0.05, 0) is 60.2 Å². The van der Waals surface area contributed by atoms with E-state index in [0.29, 0.717) is 22.2 Å². The van der Waals surface area contributed by atoms with E-state index in [0.717, 1.165) is 11.4 Å². The van der Waals surface area contributed by atoms with Gasteiger partial charge in [0.15, 0.2) is 9.84 Å². The molecule has 2 N–H and O–H groups in total. The zero-order valence-electron chi connectivity index (χ0n) is 19.8. The average Bonchev–Trinajstić information content (AvgIpc) is 3.26. The monoisotopic (exact) mass is 513 g/mol. The van der Waals surface area contributed by atoms with Crippen LogP contribution in [0.4, 0.5) is 21.5 Å². The quantitative estimate of drug-likeness (QED) is 0.261. The van der Waals surface area contributed by atoms with Crippen molar-refractivity contribution in [3.8, 4) is 0 Å². The topological polar surface area (TPSA) is 80.2 Å². The summed E-state index contributed by atoms with van der Waals surface area (Å²) < 4.78 is 41.4.